The second kappa shape index (κ2) is 5.22. The van der Waals surface area contributed by atoms with Gasteiger partial charge in [0.2, 0.25) is 0 Å². The van der Waals surface area contributed by atoms with Crippen molar-refractivity contribution in [1.82, 2.24) is 4.90 Å². The summed E-state index contributed by atoms with van der Waals surface area (Å²) in [4.78, 5) is 2.19. The monoisotopic (exact) mass is 167 g/mol. The summed E-state index contributed by atoms with van der Waals surface area (Å²) in [5.74, 6) is 2.64. The molecule has 0 aliphatic rings. The minimum absolute atomic E-state index is 0.455. The van der Waals surface area contributed by atoms with Gasteiger partial charge in [-0.05, 0) is 31.8 Å². The molecule has 70 valence electrons. The van der Waals surface area contributed by atoms with Gasteiger partial charge in [0.1, 0.15) is 0 Å². The van der Waals surface area contributed by atoms with Crippen molar-refractivity contribution in [3.8, 4) is 12.3 Å². The molecule has 0 amide bonds. The number of hydrogen-bond acceptors (Lipinski definition) is 1. The zero-order valence-corrected chi connectivity index (χ0v) is 8.85. The highest BCUT2D eigenvalue weighted by atomic mass is 15.1. The Hall–Kier alpha value is -0.480. The van der Waals surface area contributed by atoms with Crippen LogP contribution < -0.4 is 0 Å². The van der Waals surface area contributed by atoms with E-state index in [1.165, 1.54) is 12.8 Å². The van der Waals surface area contributed by atoms with E-state index in [1.54, 1.807) is 0 Å². The Bertz CT molecular complexity index is 147. The van der Waals surface area contributed by atoms with Crippen LogP contribution in [0.4, 0.5) is 0 Å². The van der Waals surface area contributed by atoms with Crippen molar-refractivity contribution in [2.75, 3.05) is 20.1 Å². The molecule has 0 aliphatic carbocycles. The van der Waals surface area contributed by atoms with Crippen LogP contribution in [0.25, 0.3) is 0 Å². The Morgan fingerprint density at radius 3 is 2.33 bits per heavy atom. The van der Waals surface area contributed by atoms with Gasteiger partial charge in [0.05, 0.1) is 6.54 Å². The third-order valence-corrected chi connectivity index (χ3v) is 1.83. The zero-order chi connectivity index (χ0) is 9.61. The fourth-order valence-electron chi connectivity index (χ4n) is 1.11. The smallest absolute Gasteiger partial charge is 0.0596 e. The molecular weight excluding hydrogens is 146 g/mol. The van der Waals surface area contributed by atoms with Gasteiger partial charge in [-0.3, -0.25) is 4.90 Å². The highest BCUT2D eigenvalue weighted by Crippen LogP contribution is 2.20. The molecule has 0 aliphatic heterocycles. The van der Waals surface area contributed by atoms with Gasteiger partial charge >= 0.3 is 0 Å². The molecule has 0 aromatic rings. The average Bonchev–Trinajstić information content (AvgIpc) is 1.84. The van der Waals surface area contributed by atoms with E-state index in [9.17, 15) is 0 Å². The van der Waals surface area contributed by atoms with Gasteiger partial charge < -0.3 is 0 Å². The van der Waals surface area contributed by atoms with Gasteiger partial charge in [-0.1, -0.05) is 26.7 Å². The van der Waals surface area contributed by atoms with E-state index < -0.39 is 0 Å². The lowest BCUT2D eigenvalue weighted by atomic mass is 9.90. The molecule has 0 heterocycles. The van der Waals surface area contributed by atoms with Crippen LogP contribution in [0.1, 0.15) is 33.6 Å². The van der Waals surface area contributed by atoms with Crippen LogP contribution >= 0.6 is 0 Å². The Balaban J connectivity index is 3.38. The normalized spacial score (nSPS) is 11.7. The molecule has 0 aromatic heterocycles. The van der Waals surface area contributed by atoms with Crippen molar-refractivity contribution >= 4 is 0 Å². The summed E-state index contributed by atoms with van der Waals surface area (Å²) in [5.41, 5.74) is 0.455. The highest BCUT2D eigenvalue weighted by Gasteiger charge is 2.09. The molecule has 0 radical (unpaired) electrons. The standard InChI is InChI=1S/C11H21N/c1-6-9-12(5)10-7-8-11(2,3)4/h1H,7-10H2,2-5H3. The van der Waals surface area contributed by atoms with Crippen LogP contribution in [0.3, 0.4) is 0 Å². The Morgan fingerprint density at radius 1 is 1.33 bits per heavy atom. The zero-order valence-electron chi connectivity index (χ0n) is 8.85. The SMILES string of the molecule is C#CCN(C)CCCC(C)(C)C. The lowest BCUT2D eigenvalue weighted by Crippen LogP contribution is -2.21. The molecule has 0 rings (SSSR count). The first-order valence-corrected chi connectivity index (χ1v) is 4.58. The van der Waals surface area contributed by atoms with Crippen molar-refractivity contribution in [2.24, 2.45) is 5.41 Å². The van der Waals surface area contributed by atoms with Crippen molar-refractivity contribution < 1.29 is 0 Å². The third kappa shape index (κ3) is 7.63. The van der Waals surface area contributed by atoms with Crippen molar-refractivity contribution in [1.29, 1.82) is 0 Å². The number of nitrogens with zero attached hydrogens (tertiary/aromatic N) is 1. The molecule has 1 nitrogen and oxygen atoms in total. The minimum atomic E-state index is 0.455. The van der Waals surface area contributed by atoms with Crippen molar-refractivity contribution in [3.63, 3.8) is 0 Å². The van der Waals surface area contributed by atoms with Gasteiger partial charge in [0.25, 0.3) is 0 Å². The van der Waals surface area contributed by atoms with E-state index in [-0.39, 0.29) is 0 Å². The maximum atomic E-state index is 5.20. The van der Waals surface area contributed by atoms with E-state index in [2.05, 4.69) is 38.6 Å². The van der Waals surface area contributed by atoms with Gasteiger partial charge in [-0.15, -0.1) is 6.42 Å². The number of rotatable bonds is 4. The van der Waals surface area contributed by atoms with Crippen LogP contribution in [-0.2, 0) is 0 Å². The molecule has 12 heavy (non-hydrogen) atoms. The highest BCUT2D eigenvalue weighted by molar-refractivity contribution is 4.87. The van der Waals surface area contributed by atoms with Gasteiger partial charge in [0.15, 0.2) is 0 Å². The first kappa shape index (κ1) is 11.5. The fraction of sp³-hybridized carbons (Fsp3) is 0.818. The van der Waals surface area contributed by atoms with Gasteiger partial charge in [0, 0.05) is 0 Å². The number of terminal acetylenes is 1. The quantitative estimate of drug-likeness (QED) is 0.581. The molecule has 0 spiro atoms. The first-order valence-electron chi connectivity index (χ1n) is 4.58. The largest absolute Gasteiger partial charge is 0.295 e. The maximum Gasteiger partial charge on any atom is 0.0596 e. The van der Waals surface area contributed by atoms with Crippen LogP contribution in [-0.4, -0.2) is 25.0 Å². The molecule has 0 atom stereocenters. The van der Waals surface area contributed by atoms with Gasteiger partial charge in [-0.2, -0.15) is 0 Å². The second-order valence-corrected chi connectivity index (χ2v) is 4.61. The van der Waals surface area contributed by atoms with E-state index in [4.69, 9.17) is 6.42 Å². The van der Waals surface area contributed by atoms with E-state index in [0.717, 1.165) is 13.1 Å². The Morgan fingerprint density at radius 2 is 1.92 bits per heavy atom. The van der Waals surface area contributed by atoms with Gasteiger partial charge in [-0.25, -0.2) is 0 Å². The summed E-state index contributed by atoms with van der Waals surface area (Å²) >= 11 is 0. The molecular formula is C11H21N. The van der Waals surface area contributed by atoms with E-state index in [1.807, 2.05) is 0 Å². The molecule has 0 unspecified atom stereocenters. The van der Waals surface area contributed by atoms with Crippen LogP contribution in [0.5, 0.6) is 0 Å². The van der Waals surface area contributed by atoms with Crippen LogP contribution in [0.2, 0.25) is 0 Å². The molecule has 0 saturated heterocycles. The predicted molar refractivity (Wildman–Crippen MR) is 55.0 cm³/mol. The third-order valence-electron chi connectivity index (χ3n) is 1.83. The fourth-order valence-corrected chi connectivity index (χ4v) is 1.11. The van der Waals surface area contributed by atoms with E-state index in [0.29, 0.717) is 5.41 Å². The summed E-state index contributed by atoms with van der Waals surface area (Å²) in [6.45, 7) is 8.70. The molecule has 1 heteroatoms. The summed E-state index contributed by atoms with van der Waals surface area (Å²) in [6, 6.07) is 0. The second-order valence-electron chi connectivity index (χ2n) is 4.61. The molecule has 0 fully saturated rings. The average molecular weight is 167 g/mol. The Labute approximate surface area is 77.1 Å². The van der Waals surface area contributed by atoms with Crippen LogP contribution in [0, 0.1) is 17.8 Å². The summed E-state index contributed by atoms with van der Waals surface area (Å²) in [7, 11) is 2.07. The van der Waals surface area contributed by atoms with E-state index >= 15 is 0 Å². The summed E-state index contributed by atoms with van der Waals surface area (Å²) in [6.07, 6.45) is 7.70. The van der Waals surface area contributed by atoms with Crippen LogP contribution in [0.15, 0.2) is 0 Å². The predicted octanol–water partition coefficient (Wildman–Crippen LogP) is 2.38. The van der Waals surface area contributed by atoms with Crippen molar-refractivity contribution in [2.45, 2.75) is 33.6 Å². The molecule has 0 bridgehead atoms. The minimum Gasteiger partial charge on any atom is -0.295 e. The topological polar surface area (TPSA) is 3.24 Å². The summed E-state index contributed by atoms with van der Waals surface area (Å²) < 4.78 is 0. The lowest BCUT2D eigenvalue weighted by Gasteiger charge is -2.20. The molecule has 0 N–H and O–H groups in total. The summed E-state index contributed by atoms with van der Waals surface area (Å²) in [5, 5.41) is 0. The van der Waals surface area contributed by atoms with Crippen molar-refractivity contribution in [3.05, 3.63) is 0 Å². The lowest BCUT2D eigenvalue weighted by molar-refractivity contribution is 0.307. The Kier molecular flexibility index (Phi) is 5.01. The molecule has 0 aromatic carbocycles. The first-order chi connectivity index (χ1) is 5.45. The molecule has 0 saturated carbocycles. The number of hydrogen-bond donors (Lipinski definition) is 0. The maximum absolute atomic E-state index is 5.20.